The monoisotopic (exact) mass is 499 g/mol. The Morgan fingerprint density at radius 1 is 0.971 bits per heavy atom. The molecule has 0 amide bonds. The third-order valence-electron chi connectivity index (χ3n) is 7.52. The van der Waals surface area contributed by atoms with Crippen molar-refractivity contribution in [2.45, 2.75) is 32.0 Å². The van der Waals surface area contributed by atoms with Crippen molar-refractivity contribution in [1.29, 1.82) is 0 Å². The number of quaternary nitrogens is 1. The lowest BCUT2D eigenvalue weighted by Gasteiger charge is -2.51. The summed E-state index contributed by atoms with van der Waals surface area (Å²) in [5.74, 6) is 3.38. The molecular weight excluding hydrogens is 473 g/mol. The maximum absolute atomic E-state index is 6.19. The van der Waals surface area contributed by atoms with Crippen molar-refractivity contribution in [2.75, 3.05) is 27.6 Å². The molecule has 0 bridgehead atoms. The zero-order chi connectivity index (χ0) is 22.6. The predicted octanol–water partition coefficient (Wildman–Crippen LogP) is 2.46. The topological polar surface area (TPSA) is 36.9 Å². The first-order valence-electron chi connectivity index (χ1n) is 11.4. The van der Waals surface area contributed by atoms with E-state index in [2.05, 4.69) is 30.3 Å². The normalized spacial score (nSPS) is 21.6. The number of ether oxygens (including phenoxy) is 4. The highest BCUT2D eigenvalue weighted by atomic mass is 35.5. The van der Waals surface area contributed by atoms with Crippen LogP contribution in [0.2, 0.25) is 5.02 Å². The molecule has 0 N–H and O–H groups in total. The van der Waals surface area contributed by atoms with E-state index in [9.17, 15) is 0 Å². The van der Waals surface area contributed by atoms with Gasteiger partial charge in [-0.25, -0.2) is 0 Å². The molecule has 3 heterocycles. The molecule has 178 valence electrons. The quantitative estimate of drug-likeness (QED) is 0.516. The molecule has 6 rings (SSSR count). The Bertz CT molecular complexity index is 1230. The molecular formula is C27H27Cl2NO4. The Hall–Kier alpha value is -2.60. The van der Waals surface area contributed by atoms with Gasteiger partial charge in [0.1, 0.15) is 19.1 Å². The van der Waals surface area contributed by atoms with Gasteiger partial charge in [0.25, 0.3) is 0 Å². The summed E-state index contributed by atoms with van der Waals surface area (Å²) < 4.78 is 23.9. The molecule has 7 heteroatoms. The number of methoxy groups -OCH3 is 2. The van der Waals surface area contributed by atoms with Crippen LogP contribution in [0.1, 0.15) is 33.9 Å². The Kier molecular flexibility index (Phi) is 6.05. The van der Waals surface area contributed by atoms with Gasteiger partial charge in [-0.2, -0.15) is 0 Å². The van der Waals surface area contributed by atoms with Crippen molar-refractivity contribution in [1.82, 2.24) is 0 Å². The van der Waals surface area contributed by atoms with E-state index < -0.39 is 0 Å². The maximum atomic E-state index is 6.19. The van der Waals surface area contributed by atoms with E-state index in [0.717, 1.165) is 65.0 Å². The third kappa shape index (κ3) is 3.67. The van der Waals surface area contributed by atoms with E-state index in [-0.39, 0.29) is 12.4 Å². The zero-order valence-corrected chi connectivity index (χ0v) is 20.8. The summed E-state index contributed by atoms with van der Waals surface area (Å²) in [5.41, 5.74) is 6.62. The summed E-state index contributed by atoms with van der Waals surface area (Å²) in [6.07, 6.45) is 1.94. The number of halogens is 2. The van der Waals surface area contributed by atoms with Gasteiger partial charge < -0.3 is 35.8 Å². The zero-order valence-electron chi connectivity index (χ0n) is 19.3. The summed E-state index contributed by atoms with van der Waals surface area (Å²) in [6.45, 7) is 3.15. The number of hydrogen-bond acceptors (Lipinski definition) is 4. The van der Waals surface area contributed by atoms with Gasteiger partial charge >= 0.3 is 0 Å². The van der Waals surface area contributed by atoms with Crippen molar-refractivity contribution >= 4 is 11.6 Å². The minimum Gasteiger partial charge on any atom is -1.00 e. The van der Waals surface area contributed by atoms with Crippen molar-refractivity contribution in [3.05, 3.63) is 81.4 Å². The van der Waals surface area contributed by atoms with Crippen LogP contribution >= 0.6 is 11.6 Å². The first kappa shape index (κ1) is 23.2. The molecule has 3 aromatic rings. The van der Waals surface area contributed by atoms with E-state index in [0.29, 0.717) is 12.8 Å². The third-order valence-corrected chi connectivity index (χ3v) is 7.78. The Balaban J connectivity index is 0.00000241. The second-order valence-corrected chi connectivity index (χ2v) is 9.63. The molecule has 3 aromatic carbocycles. The van der Waals surface area contributed by atoms with Gasteiger partial charge in [0.2, 0.25) is 6.79 Å². The maximum Gasteiger partial charge on any atom is 0.231 e. The fraction of sp³-hybridized carbons (Fsp3) is 0.333. The second-order valence-electron chi connectivity index (χ2n) is 9.20. The fourth-order valence-corrected chi connectivity index (χ4v) is 6.06. The van der Waals surface area contributed by atoms with Crippen LogP contribution in [0.25, 0.3) is 0 Å². The summed E-state index contributed by atoms with van der Waals surface area (Å²) in [7, 11) is 3.44. The predicted molar refractivity (Wildman–Crippen MR) is 126 cm³/mol. The van der Waals surface area contributed by atoms with Crippen LogP contribution in [0.3, 0.4) is 0 Å². The van der Waals surface area contributed by atoms with Crippen LogP contribution in [-0.2, 0) is 25.9 Å². The molecule has 5 nitrogen and oxygen atoms in total. The van der Waals surface area contributed by atoms with Gasteiger partial charge in [0.05, 0.1) is 26.3 Å². The average Bonchev–Trinajstić information content (AvgIpc) is 3.30. The minimum atomic E-state index is 0. The SMILES string of the molecule is COc1ccc2c(c1OC)C[N@+]1(Cc3ccc(Cl)cc3)CCc3cc4c(cc3[C@@H]1C2)OCO4.[Cl-]. The smallest absolute Gasteiger partial charge is 0.231 e. The standard InChI is InChI=1S/C27H27ClNO4.ClH/c1-30-24-8-5-18-11-23-21-13-26-25(32-16-33-26)12-19(21)9-10-29(23,15-22(18)27(24)31-2)14-17-3-6-20(28)7-4-17;/h3-8,12-13,23H,9-11,14-16H2,1-2H3;1H/q+1;/p-1/t23-,29+;/m0./s1. The molecule has 0 saturated heterocycles. The number of benzene rings is 3. The summed E-state index contributed by atoms with van der Waals surface area (Å²) in [6, 6.07) is 17.3. The number of nitrogens with zero attached hydrogens (tertiary/aromatic N) is 1. The van der Waals surface area contributed by atoms with Crippen LogP contribution in [0.5, 0.6) is 23.0 Å². The molecule has 3 aliphatic rings. The van der Waals surface area contributed by atoms with Gasteiger partial charge in [-0.15, -0.1) is 0 Å². The lowest BCUT2D eigenvalue weighted by Crippen LogP contribution is -3.00. The van der Waals surface area contributed by atoms with Gasteiger partial charge in [-0.1, -0.05) is 29.8 Å². The van der Waals surface area contributed by atoms with Crippen LogP contribution in [0, 0.1) is 0 Å². The summed E-state index contributed by atoms with van der Waals surface area (Å²) >= 11 is 6.19. The van der Waals surface area contributed by atoms with Crippen molar-refractivity contribution in [2.24, 2.45) is 0 Å². The van der Waals surface area contributed by atoms with E-state index >= 15 is 0 Å². The molecule has 0 radical (unpaired) electrons. The van der Waals surface area contributed by atoms with Crippen molar-refractivity contribution < 1.29 is 35.8 Å². The van der Waals surface area contributed by atoms with Gasteiger partial charge in [-0.3, -0.25) is 0 Å². The highest BCUT2D eigenvalue weighted by Crippen LogP contribution is 2.51. The largest absolute Gasteiger partial charge is 1.00 e. The van der Waals surface area contributed by atoms with Gasteiger partial charge in [0.15, 0.2) is 23.0 Å². The van der Waals surface area contributed by atoms with Gasteiger partial charge in [-0.05, 0) is 41.5 Å². The molecule has 0 aliphatic carbocycles. The van der Waals surface area contributed by atoms with Crippen LogP contribution in [0.4, 0.5) is 0 Å². The molecule has 2 atom stereocenters. The van der Waals surface area contributed by atoms with E-state index in [1.807, 2.05) is 18.2 Å². The minimum absolute atomic E-state index is 0. The van der Waals surface area contributed by atoms with E-state index in [1.54, 1.807) is 14.2 Å². The van der Waals surface area contributed by atoms with Gasteiger partial charge in [0, 0.05) is 29.0 Å². The first-order chi connectivity index (χ1) is 16.1. The fourth-order valence-electron chi connectivity index (χ4n) is 5.93. The Morgan fingerprint density at radius 3 is 2.47 bits per heavy atom. The van der Waals surface area contributed by atoms with Crippen molar-refractivity contribution in [3.63, 3.8) is 0 Å². The van der Waals surface area contributed by atoms with Crippen molar-refractivity contribution in [3.8, 4) is 23.0 Å². The molecule has 0 unspecified atom stereocenters. The second kappa shape index (κ2) is 8.88. The average molecular weight is 500 g/mol. The lowest BCUT2D eigenvalue weighted by atomic mass is 9.80. The van der Waals surface area contributed by atoms with Crippen LogP contribution in [-0.4, -0.2) is 32.0 Å². The van der Waals surface area contributed by atoms with Crippen LogP contribution in [0.15, 0.2) is 48.5 Å². The first-order valence-corrected chi connectivity index (χ1v) is 11.7. The number of rotatable bonds is 4. The lowest BCUT2D eigenvalue weighted by molar-refractivity contribution is -0.985. The molecule has 34 heavy (non-hydrogen) atoms. The molecule has 0 fully saturated rings. The van der Waals surface area contributed by atoms with Crippen LogP contribution < -0.4 is 31.4 Å². The summed E-state index contributed by atoms with van der Waals surface area (Å²) in [4.78, 5) is 0. The molecule has 0 spiro atoms. The summed E-state index contributed by atoms with van der Waals surface area (Å²) in [5, 5.41) is 0.766. The molecule has 0 aromatic heterocycles. The Labute approximate surface area is 211 Å². The van der Waals surface area contributed by atoms with E-state index in [1.165, 1.54) is 27.8 Å². The molecule has 0 saturated carbocycles. The number of hydrogen-bond donors (Lipinski definition) is 0. The highest BCUT2D eigenvalue weighted by Gasteiger charge is 2.47. The molecule has 3 aliphatic heterocycles. The number of fused-ring (bicyclic) bond motifs is 5. The Morgan fingerprint density at radius 2 is 1.74 bits per heavy atom. The van der Waals surface area contributed by atoms with E-state index in [4.69, 9.17) is 30.5 Å². The highest BCUT2D eigenvalue weighted by molar-refractivity contribution is 6.30.